The molecule has 1 aromatic heterocycles. The number of methoxy groups -OCH3 is 2. The highest BCUT2D eigenvalue weighted by Gasteiger charge is 2.52. The summed E-state index contributed by atoms with van der Waals surface area (Å²) in [5.41, 5.74) is 0.0869. The molecule has 132 valence electrons. The van der Waals surface area contributed by atoms with Gasteiger partial charge >= 0.3 is 13.1 Å². The van der Waals surface area contributed by atoms with Crippen molar-refractivity contribution >= 4 is 24.4 Å². The Balaban J connectivity index is 2.28. The van der Waals surface area contributed by atoms with Crippen molar-refractivity contribution in [3.05, 3.63) is 17.8 Å². The summed E-state index contributed by atoms with van der Waals surface area (Å²) in [6, 6.07) is 1.69. The third-order valence-electron chi connectivity index (χ3n) is 4.44. The molecule has 0 amide bonds. The zero-order valence-corrected chi connectivity index (χ0v) is 15.1. The standard InChI is InChI=1S/C16H25BN2O5/c1-15(2)16(3,4)24-17(23-15)11-9-12(14(20)22-6)13(19-10-11)18-7-8-21-5/h9-10H,7-8H2,1-6H3,(H,18,19). The Morgan fingerprint density at radius 2 is 1.88 bits per heavy atom. The first-order chi connectivity index (χ1) is 11.2. The van der Waals surface area contributed by atoms with Gasteiger partial charge in [0.2, 0.25) is 0 Å². The second-order valence-corrected chi connectivity index (χ2v) is 6.66. The lowest BCUT2D eigenvalue weighted by Gasteiger charge is -2.32. The number of ether oxygens (including phenoxy) is 2. The van der Waals surface area contributed by atoms with Crippen LogP contribution in [0.3, 0.4) is 0 Å². The Hall–Kier alpha value is -1.64. The van der Waals surface area contributed by atoms with Gasteiger partial charge in [0.1, 0.15) is 11.4 Å². The van der Waals surface area contributed by atoms with Gasteiger partial charge in [-0.15, -0.1) is 0 Å². The van der Waals surface area contributed by atoms with Gasteiger partial charge in [-0.1, -0.05) is 0 Å². The van der Waals surface area contributed by atoms with Crippen LogP contribution >= 0.6 is 0 Å². The molecule has 1 aliphatic rings. The third kappa shape index (κ3) is 3.71. The second-order valence-electron chi connectivity index (χ2n) is 6.66. The van der Waals surface area contributed by atoms with Gasteiger partial charge in [-0.05, 0) is 33.8 Å². The first-order valence-electron chi connectivity index (χ1n) is 7.88. The van der Waals surface area contributed by atoms with Gasteiger partial charge in [-0.25, -0.2) is 9.78 Å². The van der Waals surface area contributed by atoms with Crippen molar-refractivity contribution in [1.82, 2.24) is 4.98 Å². The lowest BCUT2D eigenvalue weighted by Crippen LogP contribution is -2.41. The highest BCUT2D eigenvalue weighted by Crippen LogP contribution is 2.36. The number of pyridine rings is 1. The second kappa shape index (κ2) is 7.08. The van der Waals surface area contributed by atoms with Crippen LogP contribution in [0.15, 0.2) is 12.3 Å². The average Bonchev–Trinajstić information content (AvgIpc) is 2.75. The molecule has 2 rings (SSSR count). The van der Waals surface area contributed by atoms with Crippen molar-refractivity contribution in [1.29, 1.82) is 0 Å². The van der Waals surface area contributed by atoms with Crippen LogP contribution in [0.2, 0.25) is 0 Å². The first-order valence-corrected chi connectivity index (χ1v) is 7.88. The molecule has 24 heavy (non-hydrogen) atoms. The molecule has 1 saturated heterocycles. The van der Waals surface area contributed by atoms with E-state index in [1.807, 2.05) is 27.7 Å². The maximum atomic E-state index is 12.1. The minimum absolute atomic E-state index is 0.334. The predicted molar refractivity (Wildman–Crippen MR) is 91.7 cm³/mol. The molecule has 0 radical (unpaired) electrons. The van der Waals surface area contributed by atoms with E-state index in [0.29, 0.717) is 30.0 Å². The van der Waals surface area contributed by atoms with Gasteiger partial charge in [0, 0.05) is 25.3 Å². The largest absolute Gasteiger partial charge is 0.496 e. The Morgan fingerprint density at radius 3 is 2.42 bits per heavy atom. The Bertz CT molecular complexity index is 590. The van der Waals surface area contributed by atoms with Crippen molar-refractivity contribution in [3.63, 3.8) is 0 Å². The minimum atomic E-state index is -0.584. The van der Waals surface area contributed by atoms with Crippen LogP contribution in [-0.2, 0) is 18.8 Å². The number of hydrogen-bond donors (Lipinski definition) is 1. The van der Waals surface area contributed by atoms with E-state index in [4.69, 9.17) is 18.8 Å². The van der Waals surface area contributed by atoms with Crippen LogP contribution in [0.25, 0.3) is 0 Å². The summed E-state index contributed by atoms with van der Waals surface area (Å²) in [5.74, 6) is -0.0278. The quantitative estimate of drug-likeness (QED) is 0.475. The molecule has 0 aliphatic carbocycles. The lowest BCUT2D eigenvalue weighted by molar-refractivity contribution is 0.00578. The molecule has 0 spiro atoms. The van der Waals surface area contributed by atoms with E-state index in [1.54, 1.807) is 19.4 Å². The van der Waals surface area contributed by atoms with Gasteiger partial charge in [0.15, 0.2) is 0 Å². The van der Waals surface area contributed by atoms with E-state index in [2.05, 4.69) is 10.3 Å². The van der Waals surface area contributed by atoms with Crippen molar-refractivity contribution in [2.45, 2.75) is 38.9 Å². The molecule has 2 heterocycles. The molecule has 0 aromatic carbocycles. The molecular weight excluding hydrogens is 311 g/mol. The fourth-order valence-electron chi connectivity index (χ4n) is 2.27. The molecule has 0 unspecified atom stereocenters. The first kappa shape index (κ1) is 18.7. The number of aromatic nitrogens is 1. The molecule has 0 atom stereocenters. The van der Waals surface area contributed by atoms with E-state index < -0.39 is 24.3 Å². The number of nitrogens with zero attached hydrogens (tertiary/aromatic N) is 1. The summed E-state index contributed by atoms with van der Waals surface area (Å²) in [6.45, 7) is 8.93. The lowest BCUT2D eigenvalue weighted by atomic mass is 9.79. The smallest absolute Gasteiger partial charge is 0.465 e. The van der Waals surface area contributed by atoms with Crippen molar-refractivity contribution in [2.75, 3.05) is 32.7 Å². The van der Waals surface area contributed by atoms with Gasteiger partial charge in [0.25, 0.3) is 0 Å². The molecular formula is C16H25BN2O5. The molecule has 1 N–H and O–H groups in total. The van der Waals surface area contributed by atoms with Gasteiger partial charge in [-0.3, -0.25) is 0 Å². The van der Waals surface area contributed by atoms with E-state index in [1.165, 1.54) is 7.11 Å². The van der Waals surface area contributed by atoms with Crippen LogP contribution < -0.4 is 10.8 Å². The van der Waals surface area contributed by atoms with Crippen molar-refractivity contribution in [2.24, 2.45) is 0 Å². The number of rotatable bonds is 6. The van der Waals surface area contributed by atoms with Crippen LogP contribution in [0.1, 0.15) is 38.1 Å². The number of hydrogen-bond acceptors (Lipinski definition) is 7. The molecule has 1 aliphatic heterocycles. The molecule has 1 aromatic rings. The number of anilines is 1. The molecule has 0 bridgehead atoms. The molecule has 1 fully saturated rings. The van der Waals surface area contributed by atoms with E-state index in [0.717, 1.165) is 0 Å². The predicted octanol–water partition coefficient (Wildman–Crippen LogP) is 1.23. The van der Waals surface area contributed by atoms with Gasteiger partial charge in [-0.2, -0.15) is 0 Å². The zero-order chi connectivity index (χ0) is 18.0. The van der Waals surface area contributed by atoms with Gasteiger partial charge < -0.3 is 24.1 Å². The number of nitrogens with one attached hydrogen (secondary N) is 1. The van der Waals surface area contributed by atoms with Gasteiger partial charge in [0.05, 0.1) is 24.9 Å². The maximum absolute atomic E-state index is 12.1. The average molecular weight is 336 g/mol. The maximum Gasteiger partial charge on any atom is 0.496 e. The summed E-state index contributed by atoms with van der Waals surface area (Å²) in [4.78, 5) is 16.4. The fraction of sp³-hybridized carbons (Fsp3) is 0.625. The topological polar surface area (TPSA) is 78.9 Å². The minimum Gasteiger partial charge on any atom is -0.465 e. The SMILES string of the molecule is COCCNc1ncc(B2OC(C)(C)C(C)(C)O2)cc1C(=O)OC. The van der Waals surface area contributed by atoms with Crippen LogP contribution in [-0.4, -0.2) is 56.6 Å². The molecule has 0 saturated carbocycles. The van der Waals surface area contributed by atoms with Crippen LogP contribution in [0, 0.1) is 0 Å². The fourth-order valence-corrected chi connectivity index (χ4v) is 2.27. The zero-order valence-electron chi connectivity index (χ0n) is 15.1. The number of carbonyl (C=O) groups excluding carboxylic acids is 1. The van der Waals surface area contributed by atoms with Crippen molar-refractivity contribution < 1.29 is 23.6 Å². The Labute approximate surface area is 143 Å². The molecule has 7 nitrogen and oxygen atoms in total. The highest BCUT2D eigenvalue weighted by atomic mass is 16.7. The van der Waals surface area contributed by atoms with Crippen LogP contribution in [0.5, 0.6) is 0 Å². The summed E-state index contributed by atoms with van der Waals surface area (Å²) >= 11 is 0. The van der Waals surface area contributed by atoms with E-state index in [-0.39, 0.29) is 0 Å². The van der Waals surface area contributed by atoms with E-state index >= 15 is 0 Å². The monoisotopic (exact) mass is 336 g/mol. The van der Waals surface area contributed by atoms with Crippen LogP contribution in [0.4, 0.5) is 5.82 Å². The summed E-state index contributed by atoms with van der Waals surface area (Å²) in [6.07, 6.45) is 1.64. The third-order valence-corrected chi connectivity index (χ3v) is 4.44. The Kier molecular flexibility index (Phi) is 5.52. The normalized spacial score (nSPS) is 18.5. The summed E-state index contributed by atoms with van der Waals surface area (Å²) in [5, 5.41) is 3.06. The number of esters is 1. The molecule has 8 heteroatoms. The number of carbonyl (C=O) groups is 1. The Morgan fingerprint density at radius 1 is 1.25 bits per heavy atom. The highest BCUT2D eigenvalue weighted by molar-refractivity contribution is 6.62. The summed E-state index contributed by atoms with van der Waals surface area (Å²) in [7, 11) is 2.36. The van der Waals surface area contributed by atoms with Crippen molar-refractivity contribution in [3.8, 4) is 0 Å². The summed E-state index contributed by atoms with van der Waals surface area (Å²) < 4.78 is 21.8. The van der Waals surface area contributed by atoms with E-state index in [9.17, 15) is 4.79 Å².